The van der Waals surface area contributed by atoms with Crippen molar-refractivity contribution in [2.45, 2.75) is 64.1 Å². The fourth-order valence-corrected chi connectivity index (χ4v) is 6.80. The molecule has 3 aliphatic carbocycles. The topological polar surface area (TPSA) is 135 Å². The standard InChI is InChI=1S/C28H34BNO8/c1-27(2)17-13-21(27)28(3)22(14-17)37-29(38-28)23(12-16-6-5-7-18(26(34)35)25(16)36-4)30-24(33)11-15-8-9-19(31)20(32)10-15/h5-10,17,21-23,31-32H,11-14H2,1-4H3,(H,30,33)(H,34,35)/t17?,21?,22?,23-,28?/m0/s1. The van der Waals surface area contributed by atoms with E-state index in [0.29, 0.717) is 23.0 Å². The number of carboxylic acid groups (broad SMARTS) is 1. The maximum atomic E-state index is 13.2. The average Bonchev–Trinajstić information content (AvgIpc) is 3.22. The summed E-state index contributed by atoms with van der Waals surface area (Å²) in [4.78, 5) is 25.0. The molecule has 6 rings (SSSR count). The molecule has 38 heavy (non-hydrogen) atoms. The van der Waals surface area contributed by atoms with Crippen LogP contribution >= 0.6 is 0 Å². The molecule has 2 aromatic carbocycles. The lowest BCUT2D eigenvalue weighted by molar-refractivity contribution is -0.199. The number of aromatic hydroxyl groups is 2. The molecule has 0 radical (unpaired) electrons. The lowest BCUT2D eigenvalue weighted by Gasteiger charge is -2.64. The fraction of sp³-hybridized carbons (Fsp3) is 0.500. The molecule has 2 bridgehead atoms. The van der Waals surface area contributed by atoms with Crippen molar-refractivity contribution < 1.29 is 39.0 Å². The van der Waals surface area contributed by atoms with E-state index < -0.39 is 24.6 Å². The normalized spacial score (nSPS) is 27.7. The first-order valence-electron chi connectivity index (χ1n) is 13.0. The largest absolute Gasteiger partial charge is 0.504 e. The Balaban J connectivity index is 1.42. The third kappa shape index (κ3) is 4.39. The van der Waals surface area contributed by atoms with E-state index in [1.807, 2.05) is 0 Å². The molecule has 3 saturated carbocycles. The molecule has 0 aromatic heterocycles. The van der Waals surface area contributed by atoms with E-state index in [1.165, 1.54) is 25.3 Å². The molecule has 4 unspecified atom stereocenters. The molecule has 10 heteroatoms. The van der Waals surface area contributed by atoms with Crippen LogP contribution in [-0.2, 0) is 26.9 Å². The van der Waals surface area contributed by atoms with E-state index in [9.17, 15) is 24.9 Å². The Morgan fingerprint density at radius 3 is 2.58 bits per heavy atom. The Labute approximate surface area is 222 Å². The summed E-state index contributed by atoms with van der Waals surface area (Å²) < 4.78 is 18.6. The van der Waals surface area contributed by atoms with Gasteiger partial charge in [-0.1, -0.05) is 32.0 Å². The van der Waals surface area contributed by atoms with Gasteiger partial charge in [0.25, 0.3) is 0 Å². The Morgan fingerprint density at radius 2 is 1.92 bits per heavy atom. The van der Waals surface area contributed by atoms with Crippen LogP contribution in [0.15, 0.2) is 36.4 Å². The van der Waals surface area contributed by atoms with Gasteiger partial charge in [-0.15, -0.1) is 0 Å². The van der Waals surface area contributed by atoms with E-state index in [0.717, 1.165) is 12.8 Å². The first kappa shape index (κ1) is 26.4. The highest BCUT2D eigenvalue weighted by Gasteiger charge is 2.68. The number of methoxy groups -OCH3 is 1. The van der Waals surface area contributed by atoms with E-state index >= 15 is 0 Å². The van der Waals surface area contributed by atoms with Crippen LogP contribution < -0.4 is 10.1 Å². The Kier molecular flexibility index (Phi) is 6.59. The molecule has 4 N–H and O–H groups in total. The molecule has 4 aliphatic rings. The number of phenolic OH excluding ortho intramolecular Hbond substituents is 2. The number of amides is 1. The summed E-state index contributed by atoms with van der Waals surface area (Å²) in [5.74, 6) is -1.50. The molecule has 5 atom stereocenters. The number of carboxylic acids is 1. The molecule has 1 amide bonds. The van der Waals surface area contributed by atoms with Gasteiger partial charge in [-0.3, -0.25) is 4.79 Å². The monoisotopic (exact) mass is 523 g/mol. The predicted octanol–water partition coefficient (Wildman–Crippen LogP) is 3.34. The molecule has 0 spiro atoms. The van der Waals surface area contributed by atoms with Crippen LogP contribution in [-0.4, -0.2) is 59.1 Å². The van der Waals surface area contributed by atoms with Gasteiger partial charge < -0.3 is 34.7 Å². The summed E-state index contributed by atoms with van der Waals surface area (Å²) >= 11 is 0. The van der Waals surface area contributed by atoms with Crippen LogP contribution in [0, 0.1) is 17.3 Å². The van der Waals surface area contributed by atoms with Crippen LogP contribution in [0.2, 0.25) is 0 Å². The smallest absolute Gasteiger partial charge is 0.482 e. The minimum absolute atomic E-state index is 0.0334. The summed E-state index contributed by atoms with van der Waals surface area (Å²) in [5, 5.41) is 32.1. The Bertz CT molecular complexity index is 1270. The van der Waals surface area contributed by atoms with Crippen LogP contribution in [0.4, 0.5) is 0 Å². The summed E-state index contributed by atoms with van der Waals surface area (Å²) in [5.41, 5.74) is 0.838. The molecule has 2 aromatic rings. The first-order chi connectivity index (χ1) is 17.9. The second-order valence-electron chi connectivity index (χ2n) is 11.5. The zero-order valence-corrected chi connectivity index (χ0v) is 22.1. The molecule has 202 valence electrons. The number of aromatic carboxylic acids is 1. The third-order valence-electron chi connectivity index (χ3n) is 9.02. The number of ether oxygens (including phenoxy) is 1. The number of benzene rings is 2. The lowest BCUT2D eigenvalue weighted by Crippen LogP contribution is -2.65. The second kappa shape index (κ2) is 9.50. The van der Waals surface area contributed by atoms with Crippen molar-refractivity contribution in [1.29, 1.82) is 0 Å². The van der Waals surface area contributed by atoms with E-state index in [2.05, 4.69) is 26.1 Å². The van der Waals surface area contributed by atoms with Crippen molar-refractivity contribution in [2.75, 3.05) is 7.11 Å². The van der Waals surface area contributed by atoms with Crippen molar-refractivity contribution in [3.8, 4) is 17.2 Å². The van der Waals surface area contributed by atoms with Crippen LogP contribution in [0.3, 0.4) is 0 Å². The average molecular weight is 523 g/mol. The number of phenols is 2. The maximum absolute atomic E-state index is 13.2. The fourth-order valence-electron chi connectivity index (χ4n) is 6.80. The first-order valence-corrected chi connectivity index (χ1v) is 13.0. The molecule has 4 fully saturated rings. The van der Waals surface area contributed by atoms with Gasteiger partial charge in [0.1, 0.15) is 11.3 Å². The molecule has 1 heterocycles. The van der Waals surface area contributed by atoms with Gasteiger partial charge in [0, 0.05) is 0 Å². The molecule has 1 aliphatic heterocycles. The zero-order valence-electron chi connectivity index (χ0n) is 22.1. The van der Waals surface area contributed by atoms with Crippen LogP contribution in [0.25, 0.3) is 0 Å². The SMILES string of the molecule is COc1c(C[C@H](NC(=O)Cc2ccc(O)c(O)c2)B2OC3CC4CC(C4(C)C)C3(C)O2)cccc1C(=O)O. The van der Waals surface area contributed by atoms with E-state index in [-0.39, 0.29) is 53.1 Å². The van der Waals surface area contributed by atoms with Gasteiger partial charge in [0.2, 0.25) is 5.91 Å². The summed E-state index contributed by atoms with van der Waals surface area (Å²) in [6.45, 7) is 6.65. The molecular weight excluding hydrogens is 489 g/mol. The van der Waals surface area contributed by atoms with Gasteiger partial charge in [-0.05, 0) is 72.8 Å². The Morgan fingerprint density at radius 1 is 1.16 bits per heavy atom. The number of nitrogens with one attached hydrogen (secondary N) is 1. The predicted molar refractivity (Wildman–Crippen MR) is 139 cm³/mol. The molecule has 1 saturated heterocycles. The summed E-state index contributed by atoms with van der Waals surface area (Å²) in [7, 11) is 0.680. The van der Waals surface area contributed by atoms with Gasteiger partial charge in [0.05, 0.1) is 31.2 Å². The van der Waals surface area contributed by atoms with Crippen molar-refractivity contribution in [3.05, 3.63) is 53.1 Å². The van der Waals surface area contributed by atoms with Crippen LogP contribution in [0.5, 0.6) is 17.2 Å². The highest BCUT2D eigenvalue weighted by Crippen LogP contribution is 2.65. The van der Waals surface area contributed by atoms with Gasteiger partial charge >= 0.3 is 13.1 Å². The lowest BCUT2D eigenvalue weighted by atomic mass is 9.43. The minimum atomic E-state index is -1.11. The number of hydrogen-bond donors (Lipinski definition) is 4. The van der Waals surface area contributed by atoms with Crippen molar-refractivity contribution in [3.63, 3.8) is 0 Å². The van der Waals surface area contributed by atoms with E-state index in [4.69, 9.17) is 14.0 Å². The maximum Gasteiger partial charge on any atom is 0.482 e. The quantitative estimate of drug-likeness (QED) is 0.306. The third-order valence-corrected chi connectivity index (χ3v) is 9.02. The minimum Gasteiger partial charge on any atom is -0.504 e. The van der Waals surface area contributed by atoms with Crippen molar-refractivity contribution in [2.24, 2.45) is 17.3 Å². The number of hydrogen-bond acceptors (Lipinski definition) is 7. The molecular formula is C28H34BNO8. The van der Waals surface area contributed by atoms with Gasteiger partial charge in [0.15, 0.2) is 11.5 Å². The number of rotatable bonds is 8. The number of carbonyl (C=O) groups excluding carboxylic acids is 1. The zero-order chi connectivity index (χ0) is 27.4. The summed E-state index contributed by atoms with van der Waals surface area (Å²) in [6.07, 6.45) is 2.07. The highest BCUT2D eigenvalue weighted by molar-refractivity contribution is 6.48. The second-order valence-corrected chi connectivity index (χ2v) is 11.5. The number of para-hydroxylation sites is 1. The Hall–Kier alpha value is -3.24. The van der Waals surface area contributed by atoms with Crippen molar-refractivity contribution in [1.82, 2.24) is 5.32 Å². The highest BCUT2D eigenvalue weighted by atomic mass is 16.7. The summed E-state index contributed by atoms with van der Waals surface area (Å²) in [6, 6.07) is 9.14. The van der Waals surface area contributed by atoms with E-state index in [1.54, 1.807) is 18.2 Å². The van der Waals surface area contributed by atoms with Gasteiger partial charge in [-0.25, -0.2) is 4.79 Å². The van der Waals surface area contributed by atoms with Gasteiger partial charge in [-0.2, -0.15) is 0 Å². The van der Waals surface area contributed by atoms with Crippen LogP contribution in [0.1, 0.15) is 55.1 Å². The van der Waals surface area contributed by atoms with Crippen molar-refractivity contribution >= 4 is 19.0 Å². The number of carbonyl (C=O) groups is 2. The molecule has 9 nitrogen and oxygen atoms in total.